The molecule has 0 fully saturated rings. The molecule has 1 aromatic heterocycles. The highest BCUT2D eigenvalue weighted by molar-refractivity contribution is 5.57. The molecule has 0 radical (unpaired) electrons. The molecule has 0 bridgehead atoms. The maximum absolute atomic E-state index is 5.60. The second-order valence-corrected chi connectivity index (χ2v) is 4.40. The van der Waals surface area contributed by atoms with E-state index in [1.807, 2.05) is 12.1 Å². The molecule has 3 N–H and O–H groups in total. The largest absolute Gasteiger partial charge is 0.397 e. The molecule has 0 aliphatic heterocycles. The van der Waals surface area contributed by atoms with Gasteiger partial charge in [-0.15, -0.1) is 0 Å². The number of hydrogen-bond donors (Lipinski definition) is 2. The fourth-order valence-electron chi connectivity index (χ4n) is 1.76. The second-order valence-electron chi connectivity index (χ2n) is 4.40. The number of nitrogens with zero attached hydrogens (tertiary/aromatic N) is 1. The Morgan fingerprint density at radius 1 is 1.11 bits per heavy atom. The van der Waals surface area contributed by atoms with Gasteiger partial charge in [0.15, 0.2) is 0 Å². The first-order valence-corrected chi connectivity index (χ1v) is 6.35. The second kappa shape index (κ2) is 6.05. The van der Waals surface area contributed by atoms with E-state index in [2.05, 4.69) is 41.5 Å². The number of hydrogen-bond acceptors (Lipinski definition) is 3. The Morgan fingerprint density at radius 2 is 1.89 bits per heavy atom. The van der Waals surface area contributed by atoms with Gasteiger partial charge < -0.3 is 11.1 Å². The molecule has 1 aromatic carbocycles. The molecular formula is C15H19N3. The normalized spacial score (nSPS) is 10.3. The minimum absolute atomic E-state index is 0.676. The van der Waals surface area contributed by atoms with E-state index in [9.17, 15) is 0 Å². The van der Waals surface area contributed by atoms with Gasteiger partial charge in [-0.3, -0.25) is 0 Å². The van der Waals surface area contributed by atoms with Gasteiger partial charge in [-0.25, -0.2) is 4.98 Å². The van der Waals surface area contributed by atoms with Crippen molar-refractivity contribution >= 4 is 17.2 Å². The Morgan fingerprint density at radius 3 is 2.50 bits per heavy atom. The smallest absolute Gasteiger partial charge is 0.130 e. The number of aryl methyl sites for hydroxylation is 1. The van der Waals surface area contributed by atoms with Crippen molar-refractivity contribution in [1.82, 2.24) is 4.98 Å². The van der Waals surface area contributed by atoms with Gasteiger partial charge >= 0.3 is 0 Å². The van der Waals surface area contributed by atoms with Crippen molar-refractivity contribution in [3.05, 3.63) is 48.2 Å². The molecule has 2 rings (SSSR count). The van der Waals surface area contributed by atoms with Gasteiger partial charge in [0.2, 0.25) is 0 Å². The average Bonchev–Trinajstić information content (AvgIpc) is 2.41. The number of benzene rings is 1. The molecule has 0 saturated heterocycles. The Kier molecular flexibility index (Phi) is 4.18. The van der Waals surface area contributed by atoms with Crippen molar-refractivity contribution in [2.45, 2.75) is 26.2 Å². The molecule has 0 aliphatic carbocycles. The summed E-state index contributed by atoms with van der Waals surface area (Å²) in [5.41, 5.74) is 8.70. The molecule has 0 saturated carbocycles. The van der Waals surface area contributed by atoms with Gasteiger partial charge in [0.05, 0.1) is 11.9 Å². The van der Waals surface area contributed by atoms with Gasteiger partial charge in [0.1, 0.15) is 5.82 Å². The van der Waals surface area contributed by atoms with Crippen molar-refractivity contribution in [1.29, 1.82) is 0 Å². The molecule has 3 heteroatoms. The first kappa shape index (κ1) is 12.4. The lowest BCUT2D eigenvalue weighted by atomic mass is 10.1. The van der Waals surface area contributed by atoms with Crippen LogP contribution in [0.4, 0.5) is 17.2 Å². The monoisotopic (exact) mass is 241 g/mol. The van der Waals surface area contributed by atoms with Gasteiger partial charge in [0.25, 0.3) is 0 Å². The van der Waals surface area contributed by atoms with E-state index in [1.165, 1.54) is 18.4 Å². The van der Waals surface area contributed by atoms with Crippen molar-refractivity contribution in [3.8, 4) is 0 Å². The average molecular weight is 241 g/mol. The van der Waals surface area contributed by atoms with Crippen LogP contribution in [0.25, 0.3) is 0 Å². The minimum atomic E-state index is 0.676. The summed E-state index contributed by atoms with van der Waals surface area (Å²) in [7, 11) is 0. The molecule has 0 aliphatic rings. The minimum Gasteiger partial charge on any atom is -0.397 e. The lowest BCUT2D eigenvalue weighted by molar-refractivity contribution is 0.795. The van der Waals surface area contributed by atoms with Crippen LogP contribution in [0.5, 0.6) is 0 Å². The zero-order valence-electron chi connectivity index (χ0n) is 10.7. The summed E-state index contributed by atoms with van der Waals surface area (Å²) in [6, 6.07) is 12.2. The number of nitrogens with two attached hydrogens (primary N) is 1. The predicted octanol–water partition coefficient (Wildman–Crippen LogP) is 3.75. The fraction of sp³-hybridized carbons (Fsp3) is 0.267. The fourth-order valence-corrected chi connectivity index (χ4v) is 1.76. The number of nitrogens with one attached hydrogen (secondary N) is 1. The Balaban J connectivity index is 1.99. The number of nitrogen functional groups attached to an aromatic ring is 1. The third-order valence-electron chi connectivity index (χ3n) is 2.83. The number of rotatable bonds is 5. The summed E-state index contributed by atoms with van der Waals surface area (Å²) >= 11 is 0. The van der Waals surface area contributed by atoms with Gasteiger partial charge in [-0.05, 0) is 42.7 Å². The van der Waals surface area contributed by atoms with E-state index in [1.54, 1.807) is 6.20 Å². The van der Waals surface area contributed by atoms with Crippen LogP contribution < -0.4 is 11.1 Å². The Hall–Kier alpha value is -2.03. The first-order valence-electron chi connectivity index (χ1n) is 6.35. The molecule has 3 nitrogen and oxygen atoms in total. The van der Waals surface area contributed by atoms with Crippen molar-refractivity contribution in [3.63, 3.8) is 0 Å². The van der Waals surface area contributed by atoms with E-state index in [0.29, 0.717) is 5.69 Å². The quantitative estimate of drug-likeness (QED) is 0.838. The summed E-state index contributed by atoms with van der Waals surface area (Å²) in [6.07, 6.45) is 5.27. The molecular weight excluding hydrogens is 222 g/mol. The van der Waals surface area contributed by atoms with Crippen LogP contribution in [-0.2, 0) is 6.42 Å². The van der Waals surface area contributed by atoms with Crippen LogP contribution in [-0.4, -0.2) is 4.98 Å². The highest BCUT2D eigenvalue weighted by Gasteiger charge is 1.97. The molecule has 18 heavy (non-hydrogen) atoms. The topological polar surface area (TPSA) is 50.9 Å². The number of unbranched alkanes of at least 4 members (excludes halogenated alkanes) is 1. The molecule has 2 aromatic rings. The third-order valence-corrected chi connectivity index (χ3v) is 2.83. The van der Waals surface area contributed by atoms with Crippen LogP contribution in [0.1, 0.15) is 25.3 Å². The lowest BCUT2D eigenvalue weighted by Gasteiger charge is -2.07. The van der Waals surface area contributed by atoms with Crippen molar-refractivity contribution in [2.75, 3.05) is 11.1 Å². The maximum Gasteiger partial charge on any atom is 0.130 e. The summed E-state index contributed by atoms with van der Waals surface area (Å²) < 4.78 is 0. The molecule has 94 valence electrons. The Labute approximate surface area is 108 Å². The zero-order valence-corrected chi connectivity index (χ0v) is 10.7. The van der Waals surface area contributed by atoms with Crippen LogP contribution in [0.3, 0.4) is 0 Å². The van der Waals surface area contributed by atoms with E-state index >= 15 is 0 Å². The number of anilines is 3. The van der Waals surface area contributed by atoms with Crippen molar-refractivity contribution < 1.29 is 0 Å². The van der Waals surface area contributed by atoms with Gasteiger partial charge in [-0.1, -0.05) is 25.5 Å². The third kappa shape index (κ3) is 3.48. The van der Waals surface area contributed by atoms with E-state index in [4.69, 9.17) is 5.73 Å². The molecule has 0 spiro atoms. The van der Waals surface area contributed by atoms with Crippen LogP contribution in [0.15, 0.2) is 42.6 Å². The molecule has 0 atom stereocenters. The highest BCUT2D eigenvalue weighted by atomic mass is 15.0. The van der Waals surface area contributed by atoms with E-state index in [0.717, 1.165) is 17.9 Å². The standard InChI is InChI=1S/C15H19N3/c1-2-3-4-12-5-8-14(9-6-12)18-15-10-7-13(16)11-17-15/h5-11H,2-4,16H2,1H3,(H,17,18). The van der Waals surface area contributed by atoms with Crippen LogP contribution >= 0.6 is 0 Å². The predicted molar refractivity (Wildman–Crippen MR) is 77.0 cm³/mol. The van der Waals surface area contributed by atoms with Gasteiger partial charge in [-0.2, -0.15) is 0 Å². The summed E-state index contributed by atoms with van der Waals surface area (Å²) in [4.78, 5) is 4.21. The van der Waals surface area contributed by atoms with E-state index < -0.39 is 0 Å². The Bertz CT molecular complexity index is 474. The molecule has 0 amide bonds. The van der Waals surface area contributed by atoms with Crippen LogP contribution in [0.2, 0.25) is 0 Å². The van der Waals surface area contributed by atoms with E-state index in [-0.39, 0.29) is 0 Å². The number of aromatic nitrogens is 1. The lowest BCUT2D eigenvalue weighted by Crippen LogP contribution is -1.95. The van der Waals surface area contributed by atoms with Gasteiger partial charge in [0, 0.05) is 5.69 Å². The van der Waals surface area contributed by atoms with Crippen molar-refractivity contribution in [2.24, 2.45) is 0 Å². The summed E-state index contributed by atoms with van der Waals surface area (Å²) in [5, 5.41) is 3.25. The summed E-state index contributed by atoms with van der Waals surface area (Å²) in [5.74, 6) is 0.811. The summed E-state index contributed by atoms with van der Waals surface area (Å²) in [6.45, 7) is 2.21. The SMILES string of the molecule is CCCCc1ccc(Nc2ccc(N)cn2)cc1. The highest BCUT2D eigenvalue weighted by Crippen LogP contribution is 2.16. The maximum atomic E-state index is 5.60. The molecule has 0 unspecified atom stereocenters. The van der Waals surface area contributed by atoms with Crippen LogP contribution in [0, 0.1) is 0 Å². The molecule has 1 heterocycles. The first-order chi connectivity index (χ1) is 8.78. The number of pyridine rings is 1. The zero-order chi connectivity index (χ0) is 12.8.